The van der Waals surface area contributed by atoms with E-state index in [1.807, 2.05) is 6.92 Å². The molecule has 1 unspecified atom stereocenters. The van der Waals surface area contributed by atoms with Gasteiger partial charge >= 0.3 is 0 Å². The fourth-order valence-corrected chi connectivity index (χ4v) is 1.60. The zero-order valence-electron chi connectivity index (χ0n) is 12.5. The highest BCUT2D eigenvalue weighted by Crippen LogP contribution is 2.12. The average Bonchev–Trinajstić information content (AvgIpc) is 2.50. The van der Waals surface area contributed by atoms with Gasteiger partial charge in [-0.2, -0.15) is 0 Å². The van der Waals surface area contributed by atoms with E-state index in [-0.39, 0.29) is 24.2 Å². The maximum absolute atomic E-state index is 13.7. The van der Waals surface area contributed by atoms with Gasteiger partial charge in [0.15, 0.2) is 0 Å². The molecule has 21 heavy (non-hydrogen) atoms. The van der Waals surface area contributed by atoms with Crippen molar-refractivity contribution >= 4 is 5.91 Å². The van der Waals surface area contributed by atoms with Crippen molar-refractivity contribution in [1.82, 2.24) is 5.32 Å². The van der Waals surface area contributed by atoms with E-state index in [1.54, 1.807) is 7.11 Å². The molecule has 0 saturated heterocycles. The number of halogens is 1. The normalized spacial score (nSPS) is 12.2. The molecule has 1 aromatic carbocycles. The molecular weight excluding hydrogens is 275 g/mol. The summed E-state index contributed by atoms with van der Waals surface area (Å²) in [4.78, 5) is 12.0. The largest absolute Gasteiger partial charge is 0.382 e. The van der Waals surface area contributed by atoms with Gasteiger partial charge in [-0.1, -0.05) is 6.92 Å². The number of hydrogen-bond acceptors (Lipinski definition) is 4. The smallest absolute Gasteiger partial charge is 0.251 e. The van der Waals surface area contributed by atoms with E-state index < -0.39 is 0 Å². The molecule has 0 heterocycles. The Morgan fingerprint density at radius 2 is 2.19 bits per heavy atom. The molecule has 0 spiro atoms. The average molecular weight is 298 g/mol. The minimum Gasteiger partial charge on any atom is -0.382 e. The first-order valence-electron chi connectivity index (χ1n) is 6.91. The number of hydrogen-bond donors (Lipinski definition) is 2. The van der Waals surface area contributed by atoms with Crippen LogP contribution in [0.25, 0.3) is 0 Å². The fraction of sp³-hybridized carbons (Fsp3) is 0.533. The second-order valence-electron chi connectivity index (χ2n) is 4.90. The lowest BCUT2D eigenvalue weighted by atomic mass is 10.1. The predicted molar refractivity (Wildman–Crippen MR) is 78.5 cm³/mol. The van der Waals surface area contributed by atoms with E-state index in [9.17, 15) is 9.18 Å². The third-order valence-corrected chi connectivity index (χ3v) is 3.01. The standard InChI is InChI=1S/C15H23FN2O3/c1-11(8-17)9-18-15(19)12-3-4-14(16)13(7-12)10-21-6-5-20-2/h3-4,7,11H,5-6,8-10,17H2,1-2H3,(H,18,19). The molecule has 6 heteroatoms. The Bertz CT molecular complexity index is 455. The van der Waals surface area contributed by atoms with Crippen molar-refractivity contribution in [2.24, 2.45) is 11.7 Å². The summed E-state index contributed by atoms with van der Waals surface area (Å²) in [6.07, 6.45) is 0. The van der Waals surface area contributed by atoms with Crippen LogP contribution in [0.2, 0.25) is 0 Å². The van der Waals surface area contributed by atoms with E-state index in [2.05, 4.69) is 5.32 Å². The Morgan fingerprint density at radius 1 is 1.43 bits per heavy atom. The quantitative estimate of drug-likeness (QED) is 0.674. The zero-order chi connectivity index (χ0) is 15.7. The van der Waals surface area contributed by atoms with E-state index in [1.165, 1.54) is 18.2 Å². The van der Waals surface area contributed by atoms with Gasteiger partial charge in [0.2, 0.25) is 0 Å². The van der Waals surface area contributed by atoms with Crippen molar-refractivity contribution in [2.75, 3.05) is 33.4 Å². The van der Waals surface area contributed by atoms with Crippen molar-refractivity contribution in [3.63, 3.8) is 0 Å². The fourth-order valence-electron chi connectivity index (χ4n) is 1.60. The first kappa shape index (κ1) is 17.6. The minimum atomic E-state index is -0.390. The van der Waals surface area contributed by atoms with Crippen LogP contribution in [-0.4, -0.2) is 39.3 Å². The molecule has 5 nitrogen and oxygen atoms in total. The second-order valence-corrected chi connectivity index (χ2v) is 4.90. The van der Waals surface area contributed by atoms with Crippen molar-refractivity contribution in [3.8, 4) is 0 Å². The third-order valence-electron chi connectivity index (χ3n) is 3.01. The molecule has 0 fully saturated rings. The Balaban J connectivity index is 2.60. The zero-order valence-corrected chi connectivity index (χ0v) is 12.5. The van der Waals surface area contributed by atoms with E-state index in [4.69, 9.17) is 15.2 Å². The molecule has 0 bridgehead atoms. The number of ether oxygens (including phenoxy) is 2. The molecule has 0 aromatic heterocycles. The molecule has 1 aromatic rings. The van der Waals surface area contributed by atoms with Crippen LogP contribution < -0.4 is 11.1 Å². The summed E-state index contributed by atoms with van der Waals surface area (Å²) in [7, 11) is 1.57. The molecule has 118 valence electrons. The van der Waals surface area contributed by atoms with Crippen LogP contribution >= 0.6 is 0 Å². The molecule has 0 saturated carbocycles. The molecule has 0 aliphatic rings. The van der Waals surface area contributed by atoms with E-state index >= 15 is 0 Å². The first-order chi connectivity index (χ1) is 10.1. The van der Waals surface area contributed by atoms with Crippen LogP contribution in [0, 0.1) is 11.7 Å². The summed E-state index contributed by atoms with van der Waals surface area (Å²) in [5.74, 6) is -0.431. The van der Waals surface area contributed by atoms with Gasteiger partial charge in [-0.25, -0.2) is 4.39 Å². The van der Waals surface area contributed by atoms with Crippen molar-refractivity contribution in [2.45, 2.75) is 13.5 Å². The van der Waals surface area contributed by atoms with Gasteiger partial charge in [0, 0.05) is 24.8 Å². The molecule has 0 radical (unpaired) electrons. The highest BCUT2D eigenvalue weighted by molar-refractivity contribution is 5.94. The SMILES string of the molecule is COCCOCc1cc(C(=O)NCC(C)CN)ccc1F. The summed E-state index contributed by atoms with van der Waals surface area (Å²) in [5.41, 5.74) is 6.25. The summed E-state index contributed by atoms with van der Waals surface area (Å²) >= 11 is 0. The number of nitrogens with two attached hydrogens (primary N) is 1. The summed E-state index contributed by atoms with van der Waals surface area (Å²) in [6.45, 7) is 3.86. The summed E-state index contributed by atoms with van der Waals surface area (Å²) in [5, 5.41) is 2.77. The van der Waals surface area contributed by atoms with Crippen LogP contribution in [0.3, 0.4) is 0 Å². The second kappa shape index (κ2) is 9.44. The van der Waals surface area contributed by atoms with E-state index in [0.717, 1.165) is 0 Å². The minimum absolute atomic E-state index is 0.107. The van der Waals surface area contributed by atoms with Crippen LogP contribution in [0.1, 0.15) is 22.8 Å². The van der Waals surface area contributed by atoms with Gasteiger partial charge in [0.05, 0.1) is 19.8 Å². The maximum Gasteiger partial charge on any atom is 0.251 e. The molecule has 0 aliphatic carbocycles. The van der Waals surface area contributed by atoms with Gasteiger partial charge in [-0.15, -0.1) is 0 Å². The summed E-state index contributed by atoms with van der Waals surface area (Å²) in [6, 6.07) is 4.23. The lowest BCUT2D eigenvalue weighted by Crippen LogP contribution is -2.31. The summed E-state index contributed by atoms with van der Waals surface area (Å²) < 4.78 is 23.8. The lowest BCUT2D eigenvalue weighted by molar-refractivity contribution is 0.0604. The number of carbonyl (C=O) groups is 1. The maximum atomic E-state index is 13.7. The first-order valence-corrected chi connectivity index (χ1v) is 6.91. The lowest BCUT2D eigenvalue weighted by Gasteiger charge is -2.11. The van der Waals surface area contributed by atoms with Crippen molar-refractivity contribution < 1.29 is 18.7 Å². The van der Waals surface area contributed by atoms with Crippen molar-refractivity contribution in [3.05, 3.63) is 35.1 Å². The van der Waals surface area contributed by atoms with Crippen LogP contribution in [0.4, 0.5) is 4.39 Å². The molecular formula is C15H23FN2O3. The molecule has 1 atom stereocenters. The van der Waals surface area contributed by atoms with Crippen molar-refractivity contribution in [1.29, 1.82) is 0 Å². The number of amides is 1. The molecule has 1 rings (SSSR count). The topological polar surface area (TPSA) is 73.6 Å². The predicted octanol–water partition coefficient (Wildman–Crippen LogP) is 1.31. The molecule has 3 N–H and O–H groups in total. The number of nitrogens with one attached hydrogen (secondary N) is 1. The van der Waals surface area contributed by atoms with Gasteiger partial charge in [-0.05, 0) is 30.7 Å². The number of rotatable bonds is 9. The van der Waals surface area contributed by atoms with Gasteiger partial charge < -0.3 is 20.5 Å². The van der Waals surface area contributed by atoms with Gasteiger partial charge in [-0.3, -0.25) is 4.79 Å². The van der Waals surface area contributed by atoms with Gasteiger partial charge in [0.25, 0.3) is 5.91 Å². The number of methoxy groups -OCH3 is 1. The highest BCUT2D eigenvalue weighted by atomic mass is 19.1. The molecule has 1 amide bonds. The number of carbonyl (C=O) groups excluding carboxylic acids is 1. The Kier molecular flexibility index (Phi) is 7.89. The third kappa shape index (κ3) is 6.20. The van der Waals surface area contributed by atoms with Crippen LogP contribution in [0.15, 0.2) is 18.2 Å². The number of benzene rings is 1. The molecule has 0 aliphatic heterocycles. The Morgan fingerprint density at radius 3 is 2.86 bits per heavy atom. The van der Waals surface area contributed by atoms with Crippen LogP contribution in [0.5, 0.6) is 0 Å². The van der Waals surface area contributed by atoms with Gasteiger partial charge in [0.1, 0.15) is 5.82 Å². The highest BCUT2D eigenvalue weighted by Gasteiger charge is 2.10. The monoisotopic (exact) mass is 298 g/mol. The Hall–Kier alpha value is -1.50. The van der Waals surface area contributed by atoms with E-state index in [0.29, 0.717) is 37.4 Å². The van der Waals surface area contributed by atoms with Crippen LogP contribution in [-0.2, 0) is 16.1 Å². The Labute approximate surface area is 124 Å².